The maximum atomic E-state index is 12.4. The Bertz CT molecular complexity index is 2560. The molecule has 2 aliphatic carbocycles. The van der Waals surface area contributed by atoms with Gasteiger partial charge < -0.3 is 33.3 Å². The molecule has 4 aliphatic rings. The highest BCUT2D eigenvalue weighted by Crippen LogP contribution is 2.47. The Balaban J connectivity index is 0.000000163. The Hall–Kier alpha value is -4.94. The van der Waals surface area contributed by atoms with Gasteiger partial charge in [0.2, 0.25) is 0 Å². The molecule has 0 unspecified atom stereocenters. The standard InChI is InChI=1S/C28H39N3O3Si.C21H23N3O2/c1-33-28(32)21-12-13-22-24(17-21)31-14-8-11-23-26(27(31)25(22)20-9-6-5-7-10-20)30(18-29-23)19-34-15-16-35(2,3)4;25-21(26)14-8-9-15-17(11-14)24-10-4-7-16-19(23-12-22-16)20(24)18(15)13-5-2-1-3-6-13/h12-13,17-18,20H,5-11,14-16,19H2,1-4H3;8-9,11-13H,1-7,10H2,(H,22,23)(H,25,26). The van der Waals surface area contributed by atoms with E-state index in [9.17, 15) is 14.7 Å². The number of imidazole rings is 2. The summed E-state index contributed by atoms with van der Waals surface area (Å²) >= 11 is 0. The van der Waals surface area contributed by atoms with Crippen molar-refractivity contribution in [2.75, 3.05) is 13.7 Å². The van der Waals surface area contributed by atoms with Crippen LogP contribution in [0, 0.1) is 0 Å². The summed E-state index contributed by atoms with van der Waals surface area (Å²) in [5, 5.41) is 12.0. The van der Waals surface area contributed by atoms with Crippen LogP contribution in [0.4, 0.5) is 0 Å². The number of hydrogen-bond donors (Lipinski definition) is 2. The summed E-state index contributed by atoms with van der Waals surface area (Å²) in [6.45, 7) is 10.3. The van der Waals surface area contributed by atoms with Crippen LogP contribution >= 0.6 is 0 Å². The highest BCUT2D eigenvalue weighted by atomic mass is 28.3. The van der Waals surface area contributed by atoms with Gasteiger partial charge in [0.05, 0.1) is 53.7 Å². The van der Waals surface area contributed by atoms with Crippen LogP contribution in [0.5, 0.6) is 0 Å². The van der Waals surface area contributed by atoms with Crippen LogP contribution in [-0.2, 0) is 42.1 Å². The van der Waals surface area contributed by atoms with Gasteiger partial charge in [0.25, 0.3) is 0 Å². The lowest BCUT2D eigenvalue weighted by Gasteiger charge is -2.24. The third kappa shape index (κ3) is 8.13. The van der Waals surface area contributed by atoms with Crippen LogP contribution < -0.4 is 0 Å². The molecular formula is C49H62N6O5Si. The average Bonchev–Trinajstić information content (AvgIpc) is 3.99. The van der Waals surface area contributed by atoms with Gasteiger partial charge in [0.15, 0.2) is 0 Å². The zero-order valence-corrected chi connectivity index (χ0v) is 37.5. The minimum Gasteiger partial charge on any atom is -0.478 e. The molecule has 10 rings (SSSR count). The quantitative estimate of drug-likeness (QED) is 0.0842. The first-order chi connectivity index (χ1) is 29.6. The number of carbonyl (C=O) groups is 2. The molecule has 2 fully saturated rings. The number of rotatable bonds is 9. The summed E-state index contributed by atoms with van der Waals surface area (Å²) in [4.78, 5) is 36.8. The second-order valence-corrected chi connectivity index (χ2v) is 24.7. The summed E-state index contributed by atoms with van der Waals surface area (Å²) < 4.78 is 18.2. The minimum atomic E-state index is -1.14. The number of aromatic carboxylic acids is 1. The van der Waals surface area contributed by atoms with E-state index in [1.54, 1.807) is 12.4 Å². The van der Waals surface area contributed by atoms with E-state index in [1.807, 2.05) is 30.6 Å². The topological polar surface area (TPSA) is 129 Å². The molecule has 12 heteroatoms. The molecule has 0 bridgehead atoms. The molecule has 11 nitrogen and oxygen atoms in total. The molecular weight excluding hydrogens is 781 g/mol. The lowest BCUT2D eigenvalue weighted by atomic mass is 9.82. The third-order valence-corrected chi connectivity index (χ3v) is 15.5. The number of aromatic nitrogens is 6. The maximum Gasteiger partial charge on any atom is 0.337 e. The summed E-state index contributed by atoms with van der Waals surface area (Å²) in [7, 11) is 0.313. The molecule has 2 aliphatic heterocycles. The van der Waals surface area contributed by atoms with Crippen LogP contribution in [0.1, 0.15) is 132 Å². The van der Waals surface area contributed by atoms with Crippen molar-refractivity contribution in [2.45, 2.75) is 147 Å². The van der Waals surface area contributed by atoms with Crippen LogP contribution in [-0.4, -0.2) is 67.5 Å². The summed E-state index contributed by atoms with van der Waals surface area (Å²) in [6, 6.07) is 12.9. The van der Waals surface area contributed by atoms with Crippen LogP contribution in [0.25, 0.3) is 44.6 Å². The second-order valence-electron chi connectivity index (χ2n) is 19.1. The second kappa shape index (κ2) is 17.4. The predicted octanol–water partition coefficient (Wildman–Crippen LogP) is 11.3. The molecule has 0 radical (unpaired) electrons. The number of hydrogen-bond acceptors (Lipinski definition) is 6. The highest BCUT2D eigenvalue weighted by molar-refractivity contribution is 6.76. The number of ether oxygens (including phenoxy) is 2. The molecule has 2 saturated carbocycles. The van der Waals surface area contributed by atoms with Crippen LogP contribution in [0.3, 0.4) is 0 Å². The van der Waals surface area contributed by atoms with Gasteiger partial charge in [0.1, 0.15) is 12.4 Å². The molecule has 6 heterocycles. The molecule has 4 aromatic heterocycles. The fourth-order valence-electron chi connectivity index (χ4n) is 10.8. The number of carboxylic acid groups (broad SMARTS) is 1. The number of esters is 1. The van der Waals surface area contributed by atoms with E-state index in [1.165, 1.54) is 122 Å². The number of carboxylic acids is 1. The van der Waals surface area contributed by atoms with Crippen molar-refractivity contribution in [3.8, 4) is 22.8 Å². The molecule has 0 atom stereocenters. The zero-order chi connectivity index (χ0) is 42.3. The van der Waals surface area contributed by atoms with E-state index in [4.69, 9.17) is 14.5 Å². The predicted molar refractivity (Wildman–Crippen MR) is 243 cm³/mol. The average molecular weight is 843 g/mol. The molecule has 0 amide bonds. The van der Waals surface area contributed by atoms with Gasteiger partial charge in [-0.05, 0) is 105 Å². The lowest BCUT2D eigenvalue weighted by Crippen LogP contribution is -2.22. The van der Waals surface area contributed by atoms with Crippen molar-refractivity contribution >= 4 is 41.8 Å². The van der Waals surface area contributed by atoms with Crippen molar-refractivity contribution in [3.05, 3.63) is 82.7 Å². The van der Waals surface area contributed by atoms with Crippen molar-refractivity contribution in [1.82, 2.24) is 28.7 Å². The number of aryl methyl sites for hydroxylation is 4. The fraction of sp³-hybridized carbons (Fsp3) is 0.510. The number of nitrogens with zero attached hydrogens (tertiary/aromatic N) is 5. The van der Waals surface area contributed by atoms with Crippen LogP contribution in [0.2, 0.25) is 25.7 Å². The van der Waals surface area contributed by atoms with Crippen molar-refractivity contribution in [2.24, 2.45) is 0 Å². The fourth-order valence-corrected chi connectivity index (χ4v) is 11.5. The van der Waals surface area contributed by atoms with Gasteiger partial charge in [-0.2, -0.15) is 0 Å². The number of benzene rings is 2. The van der Waals surface area contributed by atoms with Gasteiger partial charge in [-0.1, -0.05) is 70.3 Å². The Morgan fingerprint density at radius 2 is 1.38 bits per heavy atom. The molecule has 2 aromatic carbocycles. The molecule has 2 N–H and O–H groups in total. The van der Waals surface area contributed by atoms with E-state index < -0.39 is 14.0 Å². The molecule has 0 saturated heterocycles. The third-order valence-electron chi connectivity index (χ3n) is 13.8. The van der Waals surface area contributed by atoms with Gasteiger partial charge >= 0.3 is 11.9 Å². The number of carbonyl (C=O) groups excluding carboxylic acids is 1. The van der Waals surface area contributed by atoms with E-state index >= 15 is 0 Å². The molecule has 0 spiro atoms. The van der Waals surface area contributed by atoms with Crippen molar-refractivity contribution in [3.63, 3.8) is 0 Å². The Morgan fingerprint density at radius 1 is 0.770 bits per heavy atom. The normalized spacial score (nSPS) is 17.1. The summed E-state index contributed by atoms with van der Waals surface area (Å²) in [6.07, 6.45) is 20.4. The first-order valence-corrected chi connectivity index (χ1v) is 26.6. The summed E-state index contributed by atoms with van der Waals surface area (Å²) in [5.74, 6) is -0.0676. The molecule has 6 aromatic rings. The lowest BCUT2D eigenvalue weighted by molar-refractivity contribution is 0.0600. The van der Waals surface area contributed by atoms with Crippen molar-refractivity contribution in [1.29, 1.82) is 0 Å². The maximum absolute atomic E-state index is 12.4. The molecule has 322 valence electrons. The first kappa shape index (κ1) is 41.4. The first-order valence-electron chi connectivity index (χ1n) is 22.9. The number of H-pyrrole nitrogens is 1. The van der Waals surface area contributed by atoms with E-state index in [2.05, 4.69) is 49.4 Å². The van der Waals surface area contributed by atoms with E-state index in [-0.39, 0.29) is 5.97 Å². The van der Waals surface area contributed by atoms with E-state index in [0.717, 1.165) is 68.2 Å². The smallest absolute Gasteiger partial charge is 0.337 e. The van der Waals surface area contributed by atoms with Crippen molar-refractivity contribution < 1.29 is 24.2 Å². The van der Waals surface area contributed by atoms with E-state index in [0.29, 0.717) is 29.7 Å². The number of methoxy groups -OCH3 is 1. The minimum absolute atomic E-state index is 0.281. The monoisotopic (exact) mass is 842 g/mol. The Labute approximate surface area is 359 Å². The van der Waals surface area contributed by atoms with Gasteiger partial charge in [-0.15, -0.1) is 0 Å². The van der Waals surface area contributed by atoms with Gasteiger partial charge in [-0.3, -0.25) is 0 Å². The SMILES string of the molecule is COC(=O)c1ccc2c(C3CCCCC3)c3n(c2c1)CCCc1ncn(COCC[Si](C)(C)C)c1-3.O=C(O)c1ccc2c(C3CCCCC3)c3n(c2c1)CCCc1[nH]cnc1-3. The number of nitrogens with one attached hydrogen (secondary N) is 1. The number of aromatic amines is 1. The molecule has 61 heavy (non-hydrogen) atoms. The van der Waals surface area contributed by atoms with Gasteiger partial charge in [-0.25, -0.2) is 19.6 Å². The van der Waals surface area contributed by atoms with Crippen LogP contribution in [0.15, 0.2) is 49.1 Å². The Morgan fingerprint density at radius 3 is 2.02 bits per heavy atom. The summed E-state index contributed by atoms with van der Waals surface area (Å²) in [5.41, 5.74) is 13.2. The largest absolute Gasteiger partial charge is 0.478 e. The van der Waals surface area contributed by atoms with Gasteiger partial charge in [0, 0.05) is 55.3 Å². The number of fused-ring (bicyclic) bond motifs is 10. The Kier molecular flexibility index (Phi) is 11.8. The highest BCUT2D eigenvalue weighted by Gasteiger charge is 2.33. The zero-order valence-electron chi connectivity index (χ0n) is 36.5.